The van der Waals surface area contributed by atoms with Crippen LogP contribution in [0.5, 0.6) is 0 Å². The second-order valence-corrected chi connectivity index (χ2v) is 9.65. The SMILES string of the molecule is C/C(=C(/O)CCCO)c1ccc(C(=O)c2cc3c(cc2C)C(C)(C)C=CC3(C)C)nc1. The monoisotopic (exact) mass is 419 g/mol. The minimum absolute atomic E-state index is 0.0347. The molecule has 0 saturated carbocycles. The van der Waals surface area contributed by atoms with Crippen molar-refractivity contribution in [1.82, 2.24) is 4.98 Å². The number of aliphatic hydroxyl groups excluding tert-OH is 2. The Morgan fingerprint density at radius 1 is 1.03 bits per heavy atom. The number of pyridine rings is 1. The number of rotatable bonds is 6. The molecule has 2 aromatic rings. The van der Waals surface area contributed by atoms with E-state index >= 15 is 0 Å². The van der Waals surface area contributed by atoms with Crippen molar-refractivity contribution >= 4 is 11.4 Å². The van der Waals surface area contributed by atoms with Crippen LogP contribution in [0.2, 0.25) is 0 Å². The van der Waals surface area contributed by atoms with Crippen LogP contribution in [0.4, 0.5) is 0 Å². The highest BCUT2D eigenvalue weighted by Gasteiger charge is 2.34. The Bertz CT molecular complexity index is 1060. The summed E-state index contributed by atoms with van der Waals surface area (Å²) in [6, 6.07) is 7.72. The average Bonchev–Trinajstić information content (AvgIpc) is 2.74. The van der Waals surface area contributed by atoms with Gasteiger partial charge in [-0.2, -0.15) is 0 Å². The van der Waals surface area contributed by atoms with Gasteiger partial charge in [0.1, 0.15) is 5.69 Å². The Hall–Kier alpha value is -2.72. The number of nitrogens with zero attached hydrogens (tertiary/aromatic N) is 1. The van der Waals surface area contributed by atoms with Crippen molar-refractivity contribution in [1.29, 1.82) is 0 Å². The fraction of sp³-hybridized carbons (Fsp3) is 0.407. The highest BCUT2D eigenvalue weighted by atomic mass is 16.3. The van der Waals surface area contributed by atoms with Crippen molar-refractivity contribution < 1.29 is 15.0 Å². The maximum Gasteiger partial charge on any atom is 0.211 e. The number of hydrogen-bond donors (Lipinski definition) is 2. The molecule has 0 amide bonds. The predicted octanol–water partition coefficient (Wildman–Crippen LogP) is 5.81. The van der Waals surface area contributed by atoms with Crippen LogP contribution in [0, 0.1) is 6.92 Å². The third-order valence-electron chi connectivity index (χ3n) is 6.35. The first kappa shape index (κ1) is 23.0. The van der Waals surface area contributed by atoms with E-state index in [1.54, 1.807) is 12.3 Å². The van der Waals surface area contributed by atoms with Gasteiger partial charge < -0.3 is 10.2 Å². The molecule has 1 aromatic carbocycles. The molecule has 4 nitrogen and oxygen atoms in total. The smallest absolute Gasteiger partial charge is 0.211 e. The molecule has 0 atom stereocenters. The molecule has 0 bridgehead atoms. The molecular formula is C27H33NO3. The minimum Gasteiger partial charge on any atom is -0.512 e. The van der Waals surface area contributed by atoms with Gasteiger partial charge in [-0.15, -0.1) is 0 Å². The van der Waals surface area contributed by atoms with E-state index in [4.69, 9.17) is 5.11 Å². The lowest BCUT2D eigenvalue weighted by atomic mass is 9.67. The van der Waals surface area contributed by atoms with Gasteiger partial charge in [-0.3, -0.25) is 9.78 Å². The molecule has 0 unspecified atom stereocenters. The number of aryl methyl sites for hydroxylation is 1. The zero-order chi connectivity index (χ0) is 23.0. The number of aliphatic hydroxyl groups is 2. The molecular weight excluding hydrogens is 386 g/mol. The molecule has 0 radical (unpaired) electrons. The molecule has 31 heavy (non-hydrogen) atoms. The summed E-state index contributed by atoms with van der Waals surface area (Å²) in [6.45, 7) is 12.6. The van der Waals surface area contributed by atoms with Crippen molar-refractivity contribution in [3.8, 4) is 0 Å². The number of carbonyl (C=O) groups excluding carboxylic acids is 1. The fourth-order valence-electron chi connectivity index (χ4n) is 4.10. The van der Waals surface area contributed by atoms with Crippen LogP contribution in [0.1, 0.15) is 85.8 Å². The summed E-state index contributed by atoms with van der Waals surface area (Å²) in [5.74, 6) is 0.138. The van der Waals surface area contributed by atoms with Gasteiger partial charge in [0.05, 0.1) is 5.76 Å². The summed E-state index contributed by atoms with van der Waals surface area (Å²) >= 11 is 0. The van der Waals surface area contributed by atoms with E-state index in [1.807, 2.05) is 26.0 Å². The van der Waals surface area contributed by atoms with Gasteiger partial charge in [0.25, 0.3) is 0 Å². The topological polar surface area (TPSA) is 70.4 Å². The molecule has 0 saturated heterocycles. The summed E-state index contributed by atoms with van der Waals surface area (Å²) < 4.78 is 0. The molecule has 0 aliphatic heterocycles. The molecule has 0 fully saturated rings. The maximum atomic E-state index is 13.3. The summed E-state index contributed by atoms with van der Waals surface area (Å²) in [4.78, 5) is 17.7. The Morgan fingerprint density at radius 2 is 1.65 bits per heavy atom. The van der Waals surface area contributed by atoms with E-state index in [2.05, 4.69) is 50.9 Å². The van der Waals surface area contributed by atoms with Crippen molar-refractivity contribution in [3.63, 3.8) is 0 Å². The van der Waals surface area contributed by atoms with E-state index in [0.717, 1.165) is 11.1 Å². The van der Waals surface area contributed by atoms with E-state index in [0.29, 0.717) is 29.7 Å². The van der Waals surface area contributed by atoms with E-state index in [9.17, 15) is 9.90 Å². The van der Waals surface area contributed by atoms with Crippen LogP contribution >= 0.6 is 0 Å². The molecule has 1 aliphatic rings. The molecule has 164 valence electrons. The number of carbonyl (C=O) groups is 1. The summed E-state index contributed by atoms with van der Waals surface area (Å²) in [5.41, 5.74) is 5.72. The van der Waals surface area contributed by atoms with Crippen LogP contribution in [-0.4, -0.2) is 27.6 Å². The summed E-state index contributed by atoms with van der Waals surface area (Å²) in [7, 11) is 0. The molecule has 1 aromatic heterocycles. The van der Waals surface area contributed by atoms with Crippen molar-refractivity contribution in [2.45, 2.75) is 65.2 Å². The van der Waals surface area contributed by atoms with Crippen LogP contribution < -0.4 is 0 Å². The number of aromatic nitrogens is 1. The highest BCUT2D eigenvalue weighted by Crippen LogP contribution is 2.42. The molecule has 3 rings (SSSR count). The summed E-state index contributed by atoms with van der Waals surface area (Å²) in [5, 5.41) is 19.1. The predicted molar refractivity (Wildman–Crippen MR) is 126 cm³/mol. The standard InChI is InChI=1S/C27H33NO3/c1-17-14-21-22(27(5,6)12-11-26(21,3)4)15-20(17)25(31)23-10-9-19(16-28-23)18(2)24(30)8-7-13-29/h9-12,14-16,29-30H,7-8,13H2,1-6H3/b24-18-. The Morgan fingerprint density at radius 3 is 2.19 bits per heavy atom. The van der Waals surface area contributed by atoms with Crippen LogP contribution in [0.3, 0.4) is 0 Å². The van der Waals surface area contributed by atoms with Crippen LogP contribution in [0.25, 0.3) is 5.57 Å². The van der Waals surface area contributed by atoms with Gasteiger partial charge in [0, 0.05) is 35.6 Å². The van der Waals surface area contributed by atoms with Gasteiger partial charge in [-0.25, -0.2) is 0 Å². The van der Waals surface area contributed by atoms with Crippen molar-refractivity contribution in [2.24, 2.45) is 0 Å². The third-order valence-corrected chi connectivity index (χ3v) is 6.35. The zero-order valence-corrected chi connectivity index (χ0v) is 19.4. The molecule has 1 aliphatic carbocycles. The van der Waals surface area contributed by atoms with Crippen LogP contribution in [0.15, 0.2) is 48.4 Å². The third kappa shape index (κ3) is 4.49. The second-order valence-electron chi connectivity index (χ2n) is 9.65. The fourth-order valence-corrected chi connectivity index (χ4v) is 4.10. The molecule has 0 spiro atoms. The molecule has 1 heterocycles. The first-order chi connectivity index (χ1) is 14.5. The number of hydrogen-bond acceptors (Lipinski definition) is 4. The number of benzene rings is 1. The Labute approximate surface area is 185 Å². The van der Waals surface area contributed by atoms with Gasteiger partial charge in [-0.05, 0) is 60.2 Å². The number of fused-ring (bicyclic) bond motifs is 1. The van der Waals surface area contributed by atoms with Gasteiger partial charge in [-0.1, -0.05) is 52.0 Å². The lowest BCUT2D eigenvalue weighted by Crippen LogP contribution is -2.29. The van der Waals surface area contributed by atoms with Gasteiger partial charge in [0.2, 0.25) is 5.78 Å². The normalized spacial score (nSPS) is 17.1. The lowest BCUT2D eigenvalue weighted by Gasteiger charge is -2.37. The first-order valence-electron chi connectivity index (χ1n) is 10.8. The van der Waals surface area contributed by atoms with E-state index in [1.165, 1.54) is 11.1 Å². The maximum absolute atomic E-state index is 13.3. The molecule has 4 heteroatoms. The van der Waals surface area contributed by atoms with Gasteiger partial charge >= 0.3 is 0 Å². The Balaban J connectivity index is 1.96. The highest BCUT2D eigenvalue weighted by molar-refractivity contribution is 6.09. The second kappa shape index (κ2) is 8.43. The van der Waals surface area contributed by atoms with Crippen molar-refractivity contribution in [3.05, 3.63) is 81.9 Å². The minimum atomic E-state index is -0.140. The van der Waals surface area contributed by atoms with Crippen LogP contribution in [-0.2, 0) is 10.8 Å². The number of allylic oxidation sites excluding steroid dienone is 4. The number of ketones is 1. The zero-order valence-electron chi connectivity index (χ0n) is 19.4. The first-order valence-corrected chi connectivity index (χ1v) is 10.8. The quantitative estimate of drug-likeness (QED) is 0.352. The van der Waals surface area contributed by atoms with Gasteiger partial charge in [0.15, 0.2) is 0 Å². The average molecular weight is 420 g/mol. The largest absolute Gasteiger partial charge is 0.512 e. The molecule has 2 N–H and O–H groups in total. The lowest BCUT2D eigenvalue weighted by molar-refractivity contribution is 0.103. The summed E-state index contributed by atoms with van der Waals surface area (Å²) in [6.07, 6.45) is 7.03. The van der Waals surface area contributed by atoms with Crippen molar-refractivity contribution in [2.75, 3.05) is 6.61 Å². The Kier molecular flexibility index (Phi) is 6.24. The van der Waals surface area contributed by atoms with E-state index < -0.39 is 0 Å². The van der Waals surface area contributed by atoms with E-state index in [-0.39, 0.29) is 29.0 Å².